The van der Waals surface area contributed by atoms with Gasteiger partial charge >= 0.3 is 0 Å². The summed E-state index contributed by atoms with van der Waals surface area (Å²) in [7, 11) is 1.56. The average molecular weight is 306 g/mol. The van der Waals surface area contributed by atoms with Crippen LogP contribution in [-0.2, 0) is 0 Å². The lowest BCUT2D eigenvalue weighted by Gasteiger charge is -2.10. The van der Waals surface area contributed by atoms with E-state index < -0.39 is 0 Å². The summed E-state index contributed by atoms with van der Waals surface area (Å²) in [6.45, 7) is 4.62. The van der Waals surface area contributed by atoms with Gasteiger partial charge in [0.1, 0.15) is 16.4 Å². The van der Waals surface area contributed by atoms with E-state index >= 15 is 0 Å². The second-order valence-electron chi connectivity index (χ2n) is 4.42. The first-order chi connectivity index (χ1) is 10.0. The predicted octanol–water partition coefficient (Wildman–Crippen LogP) is 2.73. The highest BCUT2D eigenvalue weighted by Gasteiger charge is 2.17. The second kappa shape index (κ2) is 6.45. The maximum absolute atomic E-state index is 12.3. The first-order valence-corrected chi connectivity index (χ1v) is 7.33. The number of aryl methyl sites for hydroxylation is 1. The number of benzene rings is 1. The van der Waals surface area contributed by atoms with Crippen molar-refractivity contribution in [1.82, 2.24) is 4.98 Å². The summed E-state index contributed by atoms with van der Waals surface area (Å²) in [5, 5.41) is 6.49. The van der Waals surface area contributed by atoms with Crippen LogP contribution < -0.4 is 21.1 Å². The van der Waals surface area contributed by atoms with E-state index in [2.05, 4.69) is 15.6 Å². The van der Waals surface area contributed by atoms with Crippen LogP contribution in [0.25, 0.3) is 0 Å². The number of ether oxygens (including phenoxy) is 1. The molecule has 2 aromatic rings. The first-order valence-electron chi connectivity index (χ1n) is 6.51. The van der Waals surface area contributed by atoms with Gasteiger partial charge in [0, 0.05) is 6.54 Å². The molecule has 1 aromatic heterocycles. The maximum Gasteiger partial charge on any atom is 0.269 e. The topological polar surface area (TPSA) is 89.3 Å². The number of hydrogen-bond donors (Lipinski definition) is 3. The molecule has 2 rings (SSSR count). The molecule has 0 aliphatic rings. The Hall–Kier alpha value is -2.28. The minimum absolute atomic E-state index is 0.222. The number of nitrogen functional groups attached to an aromatic ring is 1. The molecule has 0 saturated heterocycles. The molecule has 0 radical (unpaired) electrons. The van der Waals surface area contributed by atoms with Crippen molar-refractivity contribution in [3.63, 3.8) is 0 Å². The Kier molecular flexibility index (Phi) is 4.64. The quantitative estimate of drug-likeness (QED) is 0.790. The number of carbonyl (C=O) groups excluding carboxylic acids is 1. The molecule has 0 bridgehead atoms. The Balaban J connectivity index is 2.23. The van der Waals surface area contributed by atoms with Gasteiger partial charge in [-0.25, -0.2) is 4.98 Å². The Labute approximate surface area is 127 Å². The standard InChI is InChI=1S/C14H18N4O2S/c1-4-16-14-18-12(15)11(21-14)13(19)17-9-7-8(2)5-6-10(9)20-3/h5-7H,4,15H2,1-3H3,(H,16,18)(H,17,19). The summed E-state index contributed by atoms with van der Waals surface area (Å²) < 4.78 is 5.24. The van der Waals surface area contributed by atoms with E-state index in [4.69, 9.17) is 10.5 Å². The van der Waals surface area contributed by atoms with Crippen LogP contribution in [0.4, 0.5) is 16.6 Å². The van der Waals surface area contributed by atoms with Gasteiger partial charge in [0.2, 0.25) is 0 Å². The third-order valence-corrected chi connectivity index (χ3v) is 3.82. The monoisotopic (exact) mass is 306 g/mol. The number of amides is 1. The van der Waals surface area contributed by atoms with Crippen molar-refractivity contribution < 1.29 is 9.53 Å². The molecule has 7 heteroatoms. The van der Waals surface area contributed by atoms with Crippen LogP contribution in [0.5, 0.6) is 5.75 Å². The summed E-state index contributed by atoms with van der Waals surface area (Å²) in [6, 6.07) is 5.57. The second-order valence-corrected chi connectivity index (χ2v) is 5.42. The molecule has 1 heterocycles. The minimum Gasteiger partial charge on any atom is -0.495 e. The number of rotatable bonds is 5. The molecule has 6 nitrogen and oxygen atoms in total. The Morgan fingerprint density at radius 2 is 2.24 bits per heavy atom. The lowest BCUT2D eigenvalue weighted by molar-refractivity contribution is 0.103. The highest BCUT2D eigenvalue weighted by atomic mass is 32.1. The molecule has 0 aliphatic carbocycles. The van der Waals surface area contributed by atoms with E-state index in [1.165, 1.54) is 11.3 Å². The van der Waals surface area contributed by atoms with Crippen LogP contribution >= 0.6 is 11.3 Å². The van der Waals surface area contributed by atoms with Gasteiger partial charge in [-0.2, -0.15) is 0 Å². The van der Waals surface area contributed by atoms with Crippen molar-refractivity contribution in [2.75, 3.05) is 30.0 Å². The largest absolute Gasteiger partial charge is 0.495 e. The first kappa shape index (κ1) is 15.1. The van der Waals surface area contributed by atoms with Gasteiger partial charge in [0.05, 0.1) is 12.8 Å². The van der Waals surface area contributed by atoms with E-state index in [1.807, 2.05) is 32.0 Å². The lowest BCUT2D eigenvalue weighted by Crippen LogP contribution is -2.13. The van der Waals surface area contributed by atoms with E-state index in [0.717, 1.165) is 12.1 Å². The van der Waals surface area contributed by atoms with Gasteiger partial charge in [-0.15, -0.1) is 0 Å². The number of nitrogens with one attached hydrogen (secondary N) is 2. The van der Waals surface area contributed by atoms with Gasteiger partial charge in [-0.1, -0.05) is 17.4 Å². The molecule has 0 aliphatic heterocycles. The normalized spacial score (nSPS) is 10.2. The van der Waals surface area contributed by atoms with Crippen LogP contribution in [0.1, 0.15) is 22.2 Å². The lowest BCUT2D eigenvalue weighted by atomic mass is 10.2. The van der Waals surface area contributed by atoms with Crippen LogP contribution in [0.15, 0.2) is 18.2 Å². The van der Waals surface area contributed by atoms with E-state index in [1.54, 1.807) is 7.11 Å². The summed E-state index contributed by atoms with van der Waals surface area (Å²) in [6.07, 6.45) is 0. The summed E-state index contributed by atoms with van der Waals surface area (Å²) in [4.78, 5) is 16.8. The van der Waals surface area contributed by atoms with Crippen molar-refractivity contribution in [1.29, 1.82) is 0 Å². The van der Waals surface area contributed by atoms with Crippen LogP contribution in [0.2, 0.25) is 0 Å². The highest BCUT2D eigenvalue weighted by molar-refractivity contribution is 7.18. The van der Waals surface area contributed by atoms with Crippen molar-refractivity contribution >= 4 is 33.9 Å². The molecule has 1 amide bonds. The molecular formula is C14H18N4O2S. The fraction of sp³-hybridized carbons (Fsp3) is 0.286. The zero-order chi connectivity index (χ0) is 15.4. The number of aromatic nitrogens is 1. The smallest absolute Gasteiger partial charge is 0.269 e. The number of methoxy groups -OCH3 is 1. The van der Waals surface area contributed by atoms with Gasteiger partial charge < -0.3 is 21.1 Å². The Morgan fingerprint density at radius 3 is 2.90 bits per heavy atom. The van der Waals surface area contributed by atoms with Gasteiger partial charge in [0.25, 0.3) is 5.91 Å². The highest BCUT2D eigenvalue weighted by Crippen LogP contribution is 2.29. The molecule has 1 aromatic carbocycles. The Morgan fingerprint density at radius 1 is 1.48 bits per heavy atom. The molecule has 112 valence electrons. The SMILES string of the molecule is CCNc1nc(N)c(C(=O)Nc2cc(C)ccc2OC)s1. The van der Waals surface area contributed by atoms with Gasteiger partial charge in [-0.3, -0.25) is 4.79 Å². The Bertz CT molecular complexity index is 654. The molecule has 0 saturated carbocycles. The molecular weight excluding hydrogens is 288 g/mol. The van der Waals surface area contributed by atoms with Crippen molar-refractivity contribution in [3.8, 4) is 5.75 Å². The molecule has 4 N–H and O–H groups in total. The number of carbonyl (C=O) groups is 1. The number of thiazole rings is 1. The predicted molar refractivity (Wildman–Crippen MR) is 86.4 cm³/mol. The number of hydrogen-bond acceptors (Lipinski definition) is 6. The molecule has 0 spiro atoms. The van der Waals surface area contributed by atoms with Gasteiger partial charge in [-0.05, 0) is 31.5 Å². The molecule has 0 unspecified atom stereocenters. The fourth-order valence-electron chi connectivity index (χ4n) is 1.82. The number of nitrogens with zero attached hydrogens (tertiary/aromatic N) is 1. The summed E-state index contributed by atoms with van der Waals surface area (Å²) >= 11 is 1.23. The van der Waals surface area contributed by atoms with Crippen LogP contribution in [-0.4, -0.2) is 24.5 Å². The summed E-state index contributed by atoms with van der Waals surface area (Å²) in [5.41, 5.74) is 7.43. The molecule has 21 heavy (non-hydrogen) atoms. The molecule has 0 atom stereocenters. The zero-order valence-electron chi connectivity index (χ0n) is 12.2. The van der Waals surface area contributed by atoms with Crippen molar-refractivity contribution in [2.45, 2.75) is 13.8 Å². The number of anilines is 3. The van der Waals surface area contributed by atoms with Crippen LogP contribution in [0, 0.1) is 6.92 Å². The van der Waals surface area contributed by atoms with Crippen LogP contribution in [0.3, 0.4) is 0 Å². The third kappa shape index (κ3) is 3.43. The van der Waals surface area contributed by atoms with Crippen molar-refractivity contribution in [3.05, 3.63) is 28.6 Å². The zero-order valence-corrected chi connectivity index (χ0v) is 13.0. The third-order valence-electron chi connectivity index (χ3n) is 2.79. The fourth-order valence-corrected chi connectivity index (χ4v) is 2.67. The molecule has 0 fully saturated rings. The maximum atomic E-state index is 12.3. The van der Waals surface area contributed by atoms with E-state index in [9.17, 15) is 4.79 Å². The van der Waals surface area contributed by atoms with E-state index in [0.29, 0.717) is 21.4 Å². The summed E-state index contributed by atoms with van der Waals surface area (Å²) in [5.74, 6) is 0.530. The van der Waals surface area contributed by atoms with E-state index in [-0.39, 0.29) is 11.7 Å². The van der Waals surface area contributed by atoms with Crippen molar-refractivity contribution in [2.24, 2.45) is 0 Å². The average Bonchev–Trinajstić information content (AvgIpc) is 2.80. The van der Waals surface area contributed by atoms with Gasteiger partial charge in [0.15, 0.2) is 5.13 Å². The minimum atomic E-state index is -0.293. The number of nitrogens with two attached hydrogens (primary N) is 1.